The normalized spacial score (nSPS) is 8.86. The van der Waals surface area contributed by atoms with E-state index >= 15 is 0 Å². The fraction of sp³-hybridized carbons (Fsp3) is 0. The Morgan fingerprint density at radius 3 is 1.57 bits per heavy atom. The van der Waals surface area contributed by atoms with Crippen molar-refractivity contribution in [3.63, 3.8) is 0 Å². The second kappa shape index (κ2) is 15.8. The summed E-state index contributed by atoms with van der Waals surface area (Å²) in [6.07, 6.45) is 0. The van der Waals surface area contributed by atoms with E-state index in [1.54, 1.807) is 0 Å². The fourth-order valence-electron chi connectivity index (χ4n) is 0. The monoisotopic (exact) mass is 139 g/mol. The van der Waals surface area contributed by atoms with Crippen molar-refractivity contribution in [2.75, 3.05) is 0 Å². The second-order valence-electron chi connectivity index (χ2n) is 0.217. The van der Waals surface area contributed by atoms with E-state index in [9.17, 15) is 0 Å². The van der Waals surface area contributed by atoms with Crippen LogP contribution in [0.5, 0.6) is 0 Å². The van der Waals surface area contributed by atoms with Gasteiger partial charge in [0.05, 0.1) is 11.4 Å². The van der Waals surface area contributed by atoms with Crippen LogP contribution < -0.4 is 25.0 Å². The smallest absolute Gasteiger partial charge is 0.750 e. The molecule has 0 saturated heterocycles. The van der Waals surface area contributed by atoms with Gasteiger partial charge in [0.25, 0.3) is 0 Å². The second-order valence-corrected chi connectivity index (χ2v) is 0.651. The topological polar surface area (TPSA) is 95.4 Å². The molecule has 0 aliphatic heterocycles. The molecule has 0 radical (unpaired) electrons. The number of hydrogen-bond acceptors (Lipinski definition) is 3. The van der Waals surface area contributed by atoms with Crippen molar-refractivity contribution in [1.29, 1.82) is 0 Å². The van der Waals surface area contributed by atoms with Crippen molar-refractivity contribution in [2.24, 2.45) is 0 Å². The summed E-state index contributed by atoms with van der Waals surface area (Å²) >= 11 is -2.86. The zero-order valence-electron chi connectivity index (χ0n) is 3.88. The minimum absolute atomic E-state index is 0. The van der Waals surface area contributed by atoms with Crippen LogP contribution >= 0.6 is 13.5 Å². The molecule has 0 aliphatic rings. The minimum Gasteiger partial charge on any atom is -0.750 e. The Labute approximate surface area is 63.4 Å². The number of hydrogen-bond donors (Lipinski definition) is 2. The molecule has 4 N–H and O–H groups in total. The van der Waals surface area contributed by atoms with Crippen LogP contribution in [0, 0.1) is 0 Å². The van der Waals surface area contributed by atoms with Gasteiger partial charge in [-0.2, -0.15) is 13.5 Å². The van der Waals surface area contributed by atoms with Gasteiger partial charge in [-0.05, 0) is 0 Å². The molecule has 0 heterocycles. The van der Waals surface area contributed by atoms with Crippen molar-refractivity contribution in [3.8, 4) is 0 Å². The van der Waals surface area contributed by atoms with Crippen LogP contribution in [0.25, 0.3) is 0 Å². The first-order valence-electron chi connectivity index (χ1n) is 0.516. The van der Waals surface area contributed by atoms with Crippen molar-refractivity contribution in [2.45, 2.75) is 0 Å². The molecule has 0 amide bonds. The summed E-state index contributed by atoms with van der Waals surface area (Å²) in [6, 6.07) is 0. The minimum atomic E-state index is -2.86. The van der Waals surface area contributed by atoms with E-state index in [-0.39, 0.29) is 38.5 Å². The number of rotatable bonds is 0. The van der Waals surface area contributed by atoms with E-state index in [1.807, 2.05) is 0 Å². The molecule has 7 heavy (non-hydrogen) atoms. The van der Waals surface area contributed by atoms with Gasteiger partial charge in [-0.1, -0.05) is 0 Å². The Bertz CT molecular complexity index is 35.9. The summed E-state index contributed by atoms with van der Waals surface area (Å²) < 4.78 is 24.1. The average molecular weight is 139 g/mol. The first-order valence-corrected chi connectivity index (χ1v) is 1.55. The molecule has 0 aromatic rings. The Morgan fingerprint density at radius 2 is 1.57 bits per heavy atom. The third-order valence-corrected chi connectivity index (χ3v) is 0. The molecule has 0 saturated carbocycles. The van der Waals surface area contributed by atoms with Gasteiger partial charge in [0.15, 0.2) is 0 Å². The van der Waals surface area contributed by atoms with E-state index in [2.05, 4.69) is 0 Å². The third kappa shape index (κ3) is 181. The van der Waals surface area contributed by atoms with Crippen molar-refractivity contribution in [3.05, 3.63) is 0 Å². The van der Waals surface area contributed by atoms with Crippen molar-refractivity contribution < 1.29 is 32.2 Å². The molecule has 4 nitrogen and oxygen atoms in total. The molecule has 42 valence electrons. The molecule has 0 aliphatic carbocycles. The van der Waals surface area contributed by atoms with Gasteiger partial charge in [-0.15, -0.1) is 0 Å². The van der Waals surface area contributed by atoms with Crippen LogP contribution in [0.1, 0.15) is 0 Å². The predicted molar refractivity (Wildman–Crippen MR) is 27.0 cm³/mol. The molecule has 0 fully saturated rings. The Kier molecular flexibility index (Phi) is 55.3. The Morgan fingerprint density at radius 1 is 1.57 bits per heavy atom. The van der Waals surface area contributed by atoms with Crippen molar-refractivity contribution >= 4 is 24.9 Å². The van der Waals surface area contributed by atoms with E-state index in [1.165, 1.54) is 0 Å². The largest absolute Gasteiger partial charge is 1.00 e. The van der Waals surface area contributed by atoms with E-state index in [0.717, 1.165) is 0 Å². The van der Waals surface area contributed by atoms with Crippen LogP contribution in [0.15, 0.2) is 0 Å². The van der Waals surface area contributed by atoms with E-state index in [0.29, 0.717) is 0 Å². The van der Waals surface area contributed by atoms with Gasteiger partial charge in [-0.3, -0.25) is 0 Å². The zero-order valence-corrected chi connectivity index (χ0v) is 5.70. The average Bonchev–Trinajstić information content (AvgIpc) is 0.811. The van der Waals surface area contributed by atoms with E-state index < -0.39 is 11.4 Å². The first-order chi connectivity index (χ1) is 1.73. The Balaban J connectivity index is -0.0000000150. The molecule has 0 rings (SSSR count). The molecule has 7 heteroatoms. The molecule has 1 unspecified atom stereocenters. The van der Waals surface area contributed by atoms with Crippen molar-refractivity contribution in [1.82, 2.24) is 6.15 Å². The van der Waals surface area contributed by atoms with Crippen LogP contribution in [-0.4, -0.2) is 13.3 Å². The molecular formula is H6LiNO3S2. The molecule has 0 spiro atoms. The summed E-state index contributed by atoms with van der Waals surface area (Å²) in [5, 5.41) is 0. The van der Waals surface area contributed by atoms with E-state index in [4.69, 9.17) is 13.3 Å². The molecule has 1 atom stereocenters. The zero-order chi connectivity index (χ0) is 3.58. The van der Waals surface area contributed by atoms with Crippen LogP contribution in [0.2, 0.25) is 0 Å². The third-order valence-electron chi connectivity index (χ3n) is 0. The van der Waals surface area contributed by atoms with Crippen LogP contribution in [-0.2, 0) is 11.4 Å². The first kappa shape index (κ1) is 24.5. The van der Waals surface area contributed by atoms with Gasteiger partial charge in [0.2, 0.25) is 0 Å². The summed E-state index contributed by atoms with van der Waals surface area (Å²) in [4.78, 5) is 0. The standard InChI is InChI=1S/Li.H3N.H2O3S.H2S/c;;1-4(2)3;/h;1H3;(H2,1,2,3);1H2/q+1;;;/p-1. The fourth-order valence-corrected chi connectivity index (χ4v) is 0. The maximum absolute atomic E-state index is 8.56. The quantitative estimate of drug-likeness (QED) is 0.270. The summed E-state index contributed by atoms with van der Waals surface area (Å²) in [5.74, 6) is 0. The summed E-state index contributed by atoms with van der Waals surface area (Å²) in [5.41, 5.74) is 0. The van der Waals surface area contributed by atoms with Gasteiger partial charge in [-0.25, -0.2) is 4.21 Å². The summed E-state index contributed by atoms with van der Waals surface area (Å²) in [6.45, 7) is 0. The molecule has 0 aromatic heterocycles. The summed E-state index contributed by atoms with van der Waals surface area (Å²) in [7, 11) is 0. The van der Waals surface area contributed by atoms with Crippen LogP contribution in [0.4, 0.5) is 0 Å². The van der Waals surface area contributed by atoms with Gasteiger partial charge in [0, 0.05) is 0 Å². The van der Waals surface area contributed by atoms with Gasteiger partial charge in [0.1, 0.15) is 0 Å². The Hall–Kier alpha value is 0.977. The maximum atomic E-state index is 8.56. The predicted octanol–water partition coefficient (Wildman–Crippen LogP) is -3.38. The van der Waals surface area contributed by atoms with Crippen LogP contribution in [0.3, 0.4) is 0 Å². The van der Waals surface area contributed by atoms with Gasteiger partial charge >= 0.3 is 18.9 Å². The SMILES string of the molecule is N.O=S([O-])O.S.[Li+]. The molecule has 0 bridgehead atoms. The maximum Gasteiger partial charge on any atom is 1.00 e. The molecule has 0 aromatic carbocycles. The van der Waals surface area contributed by atoms with Gasteiger partial charge < -0.3 is 15.3 Å². The molecular weight excluding hydrogens is 133 g/mol.